The Hall–Kier alpha value is -1.36. The lowest BCUT2D eigenvalue weighted by Crippen LogP contribution is -2.29. The van der Waals surface area contributed by atoms with Gasteiger partial charge in [-0.2, -0.15) is 4.98 Å². The zero-order chi connectivity index (χ0) is 12.3. The molecule has 1 aliphatic rings. The van der Waals surface area contributed by atoms with Crippen molar-refractivity contribution in [1.29, 1.82) is 0 Å². The summed E-state index contributed by atoms with van der Waals surface area (Å²) in [6.45, 7) is 0.908. The van der Waals surface area contributed by atoms with Gasteiger partial charge in [0.2, 0.25) is 5.95 Å². The summed E-state index contributed by atoms with van der Waals surface area (Å²) in [5.74, 6) is 2.18. The summed E-state index contributed by atoms with van der Waals surface area (Å²) in [5, 5.41) is 3.35. The van der Waals surface area contributed by atoms with Gasteiger partial charge < -0.3 is 16.0 Å². The highest BCUT2D eigenvalue weighted by Crippen LogP contribution is 2.24. The second-order valence-electron chi connectivity index (χ2n) is 4.87. The molecule has 0 bridgehead atoms. The summed E-state index contributed by atoms with van der Waals surface area (Å²) < 4.78 is 0. The van der Waals surface area contributed by atoms with Crippen LogP contribution in [0.3, 0.4) is 0 Å². The number of hydrogen-bond acceptors (Lipinski definition) is 5. The standard InChI is InChI=1S/C12H21N5/c1-17(2)12-14-7-6-11(16-12)15-8-9-4-3-5-10(9)13/h6-7,9-10H,3-5,8,13H2,1-2H3,(H,14,15,16). The van der Waals surface area contributed by atoms with Crippen LogP contribution in [-0.2, 0) is 0 Å². The van der Waals surface area contributed by atoms with Gasteiger partial charge in [0.1, 0.15) is 5.82 Å². The molecule has 3 N–H and O–H groups in total. The van der Waals surface area contributed by atoms with Gasteiger partial charge in [0, 0.05) is 32.9 Å². The minimum atomic E-state index is 0.345. The van der Waals surface area contributed by atoms with Crippen LogP contribution >= 0.6 is 0 Å². The SMILES string of the molecule is CN(C)c1nccc(NCC2CCCC2N)n1. The highest BCUT2D eigenvalue weighted by Gasteiger charge is 2.23. The van der Waals surface area contributed by atoms with Crippen molar-refractivity contribution in [1.82, 2.24) is 9.97 Å². The summed E-state index contributed by atoms with van der Waals surface area (Å²) in [6.07, 6.45) is 5.40. The van der Waals surface area contributed by atoms with Crippen molar-refractivity contribution >= 4 is 11.8 Å². The van der Waals surface area contributed by atoms with Gasteiger partial charge >= 0.3 is 0 Å². The van der Waals surface area contributed by atoms with E-state index in [0.29, 0.717) is 12.0 Å². The lowest BCUT2D eigenvalue weighted by atomic mass is 10.1. The van der Waals surface area contributed by atoms with Crippen LogP contribution in [0.1, 0.15) is 19.3 Å². The van der Waals surface area contributed by atoms with Crippen molar-refractivity contribution < 1.29 is 0 Å². The average molecular weight is 235 g/mol. The molecule has 94 valence electrons. The number of nitrogens with zero attached hydrogens (tertiary/aromatic N) is 3. The Morgan fingerprint density at radius 3 is 2.94 bits per heavy atom. The fourth-order valence-corrected chi connectivity index (χ4v) is 2.22. The predicted octanol–water partition coefficient (Wildman–Crippen LogP) is 1.08. The molecule has 0 saturated heterocycles. The van der Waals surface area contributed by atoms with Gasteiger partial charge in [-0.15, -0.1) is 0 Å². The summed E-state index contributed by atoms with van der Waals surface area (Å²) >= 11 is 0. The second-order valence-corrected chi connectivity index (χ2v) is 4.87. The first-order chi connectivity index (χ1) is 8.16. The van der Waals surface area contributed by atoms with Crippen molar-refractivity contribution in [2.24, 2.45) is 11.7 Å². The Labute approximate surface area is 102 Å². The van der Waals surface area contributed by atoms with Crippen LogP contribution in [0.15, 0.2) is 12.3 Å². The van der Waals surface area contributed by atoms with Crippen molar-refractivity contribution in [2.75, 3.05) is 30.9 Å². The van der Waals surface area contributed by atoms with E-state index in [4.69, 9.17) is 5.73 Å². The largest absolute Gasteiger partial charge is 0.370 e. The molecule has 5 nitrogen and oxygen atoms in total. The number of nitrogens with two attached hydrogens (primary N) is 1. The molecule has 2 atom stereocenters. The molecule has 5 heteroatoms. The van der Waals surface area contributed by atoms with Gasteiger partial charge in [-0.25, -0.2) is 4.98 Å². The molecule has 17 heavy (non-hydrogen) atoms. The maximum Gasteiger partial charge on any atom is 0.226 e. The first-order valence-electron chi connectivity index (χ1n) is 6.16. The molecule has 1 heterocycles. The maximum atomic E-state index is 6.04. The first-order valence-corrected chi connectivity index (χ1v) is 6.16. The zero-order valence-electron chi connectivity index (χ0n) is 10.6. The van der Waals surface area contributed by atoms with E-state index in [9.17, 15) is 0 Å². The van der Waals surface area contributed by atoms with Gasteiger partial charge in [-0.3, -0.25) is 0 Å². The third kappa shape index (κ3) is 3.06. The molecular formula is C12H21N5. The molecular weight excluding hydrogens is 214 g/mol. The third-order valence-corrected chi connectivity index (χ3v) is 3.31. The van der Waals surface area contributed by atoms with Crippen LogP contribution in [0.5, 0.6) is 0 Å². The Morgan fingerprint density at radius 2 is 2.29 bits per heavy atom. The van der Waals surface area contributed by atoms with E-state index in [-0.39, 0.29) is 0 Å². The molecule has 1 aliphatic carbocycles. The van der Waals surface area contributed by atoms with E-state index >= 15 is 0 Å². The molecule has 1 fully saturated rings. The van der Waals surface area contributed by atoms with Gasteiger partial charge in [-0.05, 0) is 24.8 Å². The maximum absolute atomic E-state index is 6.04. The Kier molecular flexibility index (Phi) is 3.78. The smallest absolute Gasteiger partial charge is 0.226 e. The van der Waals surface area contributed by atoms with E-state index in [1.165, 1.54) is 12.8 Å². The Morgan fingerprint density at radius 1 is 1.47 bits per heavy atom. The Balaban J connectivity index is 1.92. The lowest BCUT2D eigenvalue weighted by Gasteiger charge is -2.17. The summed E-state index contributed by atoms with van der Waals surface area (Å²) in [6, 6.07) is 2.24. The first kappa shape index (κ1) is 12.1. The van der Waals surface area contributed by atoms with Gasteiger partial charge in [0.15, 0.2) is 0 Å². The highest BCUT2D eigenvalue weighted by molar-refractivity contribution is 5.40. The predicted molar refractivity (Wildman–Crippen MR) is 70.2 cm³/mol. The third-order valence-electron chi connectivity index (χ3n) is 3.31. The Bertz CT molecular complexity index is 366. The van der Waals surface area contributed by atoms with Gasteiger partial charge in [0.05, 0.1) is 0 Å². The van der Waals surface area contributed by atoms with Crippen LogP contribution in [0, 0.1) is 5.92 Å². The minimum absolute atomic E-state index is 0.345. The van der Waals surface area contributed by atoms with E-state index in [1.807, 2.05) is 25.1 Å². The van der Waals surface area contributed by atoms with Crippen LogP contribution in [0.25, 0.3) is 0 Å². The summed E-state index contributed by atoms with van der Waals surface area (Å²) in [4.78, 5) is 10.5. The molecule has 0 aliphatic heterocycles. The molecule has 2 unspecified atom stereocenters. The number of nitrogens with one attached hydrogen (secondary N) is 1. The normalized spacial score (nSPS) is 23.7. The molecule has 0 amide bonds. The second kappa shape index (κ2) is 5.31. The molecule has 1 aromatic heterocycles. The molecule has 0 aromatic carbocycles. The van der Waals surface area contributed by atoms with Crippen LogP contribution in [0.2, 0.25) is 0 Å². The molecule has 0 spiro atoms. The van der Waals surface area contributed by atoms with Crippen LogP contribution < -0.4 is 16.0 Å². The van der Waals surface area contributed by atoms with Gasteiger partial charge in [-0.1, -0.05) is 6.42 Å². The van der Waals surface area contributed by atoms with Crippen LogP contribution in [-0.4, -0.2) is 36.6 Å². The van der Waals surface area contributed by atoms with Crippen LogP contribution in [0.4, 0.5) is 11.8 Å². The van der Waals surface area contributed by atoms with E-state index in [0.717, 1.165) is 24.7 Å². The number of aromatic nitrogens is 2. The lowest BCUT2D eigenvalue weighted by molar-refractivity contribution is 0.504. The van der Waals surface area contributed by atoms with E-state index in [1.54, 1.807) is 6.20 Å². The fourth-order valence-electron chi connectivity index (χ4n) is 2.22. The molecule has 1 aromatic rings. The quantitative estimate of drug-likeness (QED) is 0.817. The van der Waals surface area contributed by atoms with Gasteiger partial charge in [0.25, 0.3) is 0 Å². The molecule has 2 rings (SSSR count). The molecule has 0 radical (unpaired) electrons. The fraction of sp³-hybridized carbons (Fsp3) is 0.667. The number of rotatable bonds is 4. The van der Waals surface area contributed by atoms with Crippen molar-refractivity contribution in [3.63, 3.8) is 0 Å². The number of anilines is 2. The molecule has 1 saturated carbocycles. The number of hydrogen-bond donors (Lipinski definition) is 2. The van der Waals surface area contributed by atoms with Crippen molar-refractivity contribution in [3.8, 4) is 0 Å². The minimum Gasteiger partial charge on any atom is -0.370 e. The summed E-state index contributed by atoms with van der Waals surface area (Å²) in [7, 11) is 3.87. The zero-order valence-corrected chi connectivity index (χ0v) is 10.6. The van der Waals surface area contributed by atoms with E-state index in [2.05, 4.69) is 15.3 Å². The summed E-state index contributed by atoms with van der Waals surface area (Å²) in [5.41, 5.74) is 6.04. The van der Waals surface area contributed by atoms with Crippen molar-refractivity contribution in [2.45, 2.75) is 25.3 Å². The average Bonchev–Trinajstić information content (AvgIpc) is 2.72. The highest BCUT2D eigenvalue weighted by atomic mass is 15.2. The van der Waals surface area contributed by atoms with Crippen molar-refractivity contribution in [3.05, 3.63) is 12.3 Å². The van der Waals surface area contributed by atoms with E-state index < -0.39 is 0 Å². The monoisotopic (exact) mass is 235 g/mol. The topological polar surface area (TPSA) is 67.1 Å².